The summed E-state index contributed by atoms with van der Waals surface area (Å²) in [5, 5.41) is 11.8. The van der Waals surface area contributed by atoms with Crippen LogP contribution in [0.15, 0.2) is 48.5 Å². The van der Waals surface area contributed by atoms with E-state index in [1.165, 1.54) is 11.3 Å². The number of anilines is 2. The zero-order valence-electron chi connectivity index (χ0n) is 16.6. The van der Waals surface area contributed by atoms with Crippen LogP contribution in [0.3, 0.4) is 0 Å². The molecule has 0 bridgehead atoms. The van der Waals surface area contributed by atoms with Gasteiger partial charge in [0, 0.05) is 5.56 Å². The largest absolute Gasteiger partial charge is 0.299 e. The van der Waals surface area contributed by atoms with Crippen molar-refractivity contribution >= 4 is 38.1 Å². The average molecular weight is 431 g/mol. The molecule has 0 aliphatic carbocycles. The van der Waals surface area contributed by atoms with Crippen molar-refractivity contribution in [2.45, 2.75) is 26.8 Å². The smallest absolute Gasteiger partial charge is 0.249 e. The van der Waals surface area contributed by atoms with E-state index in [0.717, 1.165) is 27.3 Å². The van der Waals surface area contributed by atoms with Crippen LogP contribution in [0.1, 0.15) is 18.1 Å². The Morgan fingerprint density at radius 1 is 1.07 bits per heavy atom. The lowest BCUT2D eigenvalue weighted by atomic mass is 10.2. The first-order valence-corrected chi connectivity index (χ1v) is 11.6. The van der Waals surface area contributed by atoms with Gasteiger partial charge in [0.25, 0.3) is 0 Å². The summed E-state index contributed by atoms with van der Waals surface area (Å²) in [4.78, 5) is 12.8. The van der Waals surface area contributed by atoms with E-state index in [1.54, 1.807) is 25.1 Å². The minimum absolute atomic E-state index is 0.315. The quantitative estimate of drug-likeness (QED) is 0.645. The Morgan fingerprint density at radius 3 is 2.38 bits per heavy atom. The Labute approximate surface area is 174 Å². The Morgan fingerprint density at radius 2 is 1.76 bits per heavy atom. The Bertz CT molecular complexity index is 1120. The van der Waals surface area contributed by atoms with Crippen molar-refractivity contribution in [3.8, 4) is 10.6 Å². The lowest BCUT2D eigenvalue weighted by Crippen LogP contribution is -2.45. The number of aromatic nitrogens is 2. The third kappa shape index (κ3) is 4.99. The van der Waals surface area contributed by atoms with Gasteiger partial charge in [-0.3, -0.25) is 14.4 Å². The molecule has 0 spiro atoms. The molecule has 1 amide bonds. The summed E-state index contributed by atoms with van der Waals surface area (Å²) in [6.45, 7) is 5.40. The summed E-state index contributed by atoms with van der Waals surface area (Å²) in [6, 6.07) is 13.9. The van der Waals surface area contributed by atoms with Crippen molar-refractivity contribution in [1.29, 1.82) is 0 Å². The Balaban J connectivity index is 1.81. The van der Waals surface area contributed by atoms with Gasteiger partial charge in [-0.15, -0.1) is 10.2 Å². The second-order valence-corrected chi connectivity index (χ2v) is 9.68. The number of hydrogen-bond donors (Lipinski definition) is 1. The van der Waals surface area contributed by atoms with Crippen LogP contribution in [0.5, 0.6) is 0 Å². The summed E-state index contributed by atoms with van der Waals surface area (Å²) < 4.78 is 25.9. The molecule has 1 aromatic heterocycles. The van der Waals surface area contributed by atoms with E-state index >= 15 is 0 Å². The average Bonchev–Trinajstić information content (AvgIpc) is 3.09. The molecule has 0 unspecified atom stereocenters. The van der Waals surface area contributed by atoms with E-state index in [-0.39, 0.29) is 0 Å². The highest BCUT2D eigenvalue weighted by Crippen LogP contribution is 2.27. The number of carbonyl (C=O) groups is 1. The van der Waals surface area contributed by atoms with Gasteiger partial charge in [-0.05, 0) is 38.5 Å². The number of rotatable bonds is 6. The first-order chi connectivity index (χ1) is 13.6. The summed E-state index contributed by atoms with van der Waals surface area (Å²) in [5.41, 5.74) is 3.38. The SMILES string of the molecule is Cc1ccc(-c2nnc(NC(=O)[C@@H](C)N(c3cccc(C)c3)S(C)(=O)=O)s2)cc1. The monoisotopic (exact) mass is 430 g/mol. The second kappa shape index (κ2) is 8.30. The number of aryl methyl sites for hydroxylation is 2. The highest BCUT2D eigenvalue weighted by molar-refractivity contribution is 7.92. The second-order valence-electron chi connectivity index (χ2n) is 6.84. The number of benzene rings is 2. The predicted octanol–water partition coefficient (Wildman–Crippen LogP) is 3.62. The molecular formula is C20H22N4O3S2. The van der Waals surface area contributed by atoms with E-state index in [1.807, 2.05) is 44.2 Å². The van der Waals surface area contributed by atoms with Gasteiger partial charge in [0.2, 0.25) is 21.1 Å². The van der Waals surface area contributed by atoms with Gasteiger partial charge in [-0.2, -0.15) is 0 Å². The number of nitrogens with zero attached hydrogens (tertiary/aromatic N) is 3. The molecule has 3 aromatic rings. The third-order valence-corrected chi connectivity index (χ3v) is 6.43. The standard InChI is InChI=1S/C20H22N4O3S2/c1-13-8-10-16(11-9-13)19-22-23-20(28-19)21-18(25)15(3)24(29(4,26)27)17-7-5-6-14(2)12-17/h5-12,15H,1-4H3,(H,21,23,25)/t15-/m1/s1. The van der Waals surface area contributed by atoms with E-state index in [0.29, 0.717) is 15.8 Å². The fraction of sp³-hybridized carbons (Fsp3) is 0.250. The Hall–Kier alpha value is -2.78. The molecule has 1 heterocycles. The number of hydrogen-bond acceptors (Lipinski definition) is 6. The van der Waals surface area contributed by atoms with Gasteiger partial charge in [0.05, 0.1) is 11.9 Å². The van der Waals surface area contributed by atoms with Crippen LogP contribution in [0.4, 0.5) is 10.8 Å². The van der Waals surface area contributed by atoms with Gasteiger partial charge in [0.1, 0.15) is 11.0 Å². The molecule has 0 saturated carbocycles. The van der Waals surface area contributed by atoms with Crippen LogP contribution >= 0.6 is 11.3 Å². The summed E-state index contributed by atoms with van der Waals surface area (Å²) >= 11 is 1.23. The van der Waals surface area contributed by atoms with Crippen molar-refractivity contribution in [2.24, 2.45) is 0 Å². The van der Waals surface area contributed by atoms with Gasteiger partial charge < -0.3 is 0 Å². The third-order valence-electron chi connectivity index (χ3n) is 4.30. The topological polar surface area (TPSA) is 92.3 Å². The van der Waals surface area contributed by atoms with Crippen LogP contribution in [0, 0.1) is 13.8 Å². The van der Waals surface area contributed by atoms with Crippen molar-refractivity contribution in [3.05, 3.63) is 59.7 Å². The summed E-state index contributed by atoms with van der Waals surface area (Å²) in [6.07, 6.45) is 1.08. The minimum Gasteiger partial charge on any atom is -0.299 e. The van der Waals surface area contributed by atoms with Crippen molar-refractivity contribution in [1.82, 2.24) is 10.2 Å². The zero-order valence-corrected chi connectivity index (χ0v) is 18.2. The summed E-state index contributed by atoms with van der Waals surface area (Å²) in [5.74, 6) is -0.483. The maximum absolute atomic E-state index is 12.8. The van der Waals surface area contributed by atoms with E-state index < -0.39 is 22.0 Å². The molecular weight excluding hydrogens is 408 g/mol. The first-order valence-electron chi connectivity index (χ1n) is 8.92. The van der Waals surface area contributed by atoms with E-state index in [2.05, 4.69) is 15.5 Å². The molecule has 2 aromatic carbocycles. The highest BCUT2D eigenvalue weighted by Gasteiger charge is 2.29. The highest BCUT2D eigenvalue weighted by atomic mass is 32.2. The fourth-order valence-corrected chi connectivity index (χ4v) is 4.79. The molecule has 9 heteroatoms. The lowest BCUT2D eigenvalue weighted by Gasteiger charge is -2.28. The Kier molecular flexibility index (Phi) is 5.99. The van der Waals surface area contributed by atoms with Crippen molar-refractivity contribution in [2.75, 3.05) is 15.9 Å². The minimum atomic E-state index is -3.67. The summed E-state index contributed by atoms with van der Waals surface area (Å²) in [7, 11) is -3.67. The predicted molar refractivity (Wildman–Crippen MR) is 117 cm³/mol. The molecule has 7 nitrogen and oxygen atoms in total. The normalized spacial score (nSPS) is 12.4. The molecule has 0 fully saturated rings. The number of amides is 1. The number of nitrogens with one attached hydrogen (secondary N) is 1. The number of carbonyl (C=O) groups excluding carboxylic acids is 1. The fourth-order valence-electron chi connectivity index (χ4n) is 2.87. The van der Waals surface area contributed by atoms with Gasteiger partial charge in [0.15, 0.2) is 0 Å². The van der Waals surface area contributed by atoms with E-state index in [4.69, 9.17) is 0 Å². The lowest BCUT2D eigenvalue weighted by molar-refractivity contribution is -0.116. The molecule has 1 N–H and O–H groups in total. The van der Waals surface area contributed by atoms with Crippen LogP contribution in [0.2, 0.25) is 0 Å². The first kappa shape index (κ1) is 20.9. The van der Waals surface area contributed by atoms with E-state index in [9.17, 15) is 13.2 Å². The number of sulfonamides is 1. The molecule has 3 rings (SSSR count). The van der Waals surface area contributed by atoms with Crippen molar-refractivity contribution < 1.29 is 13.2 Å². The molecule has 29 heavy (non-hydrogen) atoms. The maximum atomic E-state index is 12.8. The zero-order chi connectivity index (χ0) is 21.2. The van der Waals surface area contributed by atoms with Crippen LogP contribution in [-0.4, -0.2) is 36.8 Å². The molecule has 1 atom stereocenters. The molecule has 152 valence electrons. The molecule has 0 aliphatic heterocycles. The van der Waals surface area contributed by atoms with Gasteiger partial charge >= 0.3 is 0 Å². The van der Waals surface area contributed by atoms with Crippen LogP contribution in [-0.2, 0) is 14.8 Å². The van der Waals surface area contributed by atoms with Crippen molar-refractivity contribution in [3.63, 3.8) is 0 Å². The molecule has 0 aliphatic rings. The van der Waals surface area contributed by atoms with Gasteiger partial charge in [-0.1, -0.05) is 53.3 Å². The molecule has 0 saturated heterocycles. The van der Waals surface area contributed by atoms with Crippen LogP contribution < -0.4 is 9.62 Å². The van der Waals surface area contributed by atoms with Gasteiger partial charge in [-0.25, -0.2) is 8.42 Å². The maximum Gasteiger partial charge on any atom is 0.249 e. The van der Waals surface area contributed by atoms with Crippen LogP contribution in [0.25, 0.3) is 10.6 Å². The molecule has 0 radical (unpaired) electrons.